The fourth-order valence-corrected chi connectivity index (χ4v) is 4.40. The van der Waals surface area contributed by atoms with Crippen LogP contribution in [0.5, 0.6) is 11.5 Å². The Hall–Kier alpha value is -3.75. The molecule has 0 aliphatic rings. The van der Waals surface area contributed by atoms with E-state index >= 15 is 0 Å². The van der Waals surface area contributed by atoms with Gasteiger partial charge in [-0.3, -0.25) is 10.1 Å². The van der Waals surface area contributed by atoms with Crippen LogP contribution in [0, 0.1) is 11.3 Å². The maximum atomic E-state index is 12.7. The van der Waals surface area contributed by atoms with E-state index in [0.717, 1.165) is 17.6 Å². The van der Waals surface area contributed by atoms with Crippen molar-refractivity contribution in [1.82, 2.24) is 4.98 Å². The molecule has 1 N–H and O–H groups in total. The highest BCUT2D eigenvalue weighted by Crippen LogP contribution is 2.27. The standard InChI is InChI=1S/C20H15N3O6S2/c1-28-13-9-7-12(8-10-13)19(25)29-15-6-4-3-5-14(15)17(24)22-20-23-18(31(2,26)27)16(11-21)30-20/h3-10H,1-2H3,(H,22,23,24). The van der Waals surface area contributed by atoms with Gasteiger partial charge in [0.1, 0.15) is 22.4 Å². The second kappa shape index (κ2) is 8.95. The van der Waals surface area contributed by atoms with Crippen LogP contribution in [-0.4, -0.2) is 38.6 Å². The van der Waals surface area contributed by atoms with Gasteiger partial charge in [0.15, 0.2) is 20.0 Å². The molecule has 0 spiro atoms. The quantitative estimate of drug-likeness (QED) is 0.441. The van der Waals surface area contributed by atoms with Gasteiger partial charge in [-0.2, -0.15) is 5.26 Å². The van der Waals surface area contributed by atoms with E-state index in [9.17, 15) is 18.0 Å². The molecule has 1 heterocycles. The second-order valence-electron chi connectivity index (χ2n) is 6.11. The normalized spacial score (nSPS) is 10.7. The fraction of sp³-hybridized carbons (Fsp3) is 0.100. The van der Waals surface area contributed by atoms with E-state index in [1.807, 2.05) is 0 Å². The van der Waals surface area contributed by atoms with Gasteiger partial charge in [0.2, 0.25) is 0 Å². The molecule has 11 heteroatoms. The first-order valence-corrected chi connectivity index (χ1v) is 11.3. The molecule has 0 aliphatic carbocycles. The lowest BCUT2D eigenvalue weighted by atomic mass is 10.2. The predicted octanol–water partition coefficient (Wildman–Crippen LogP) is 2.90. The molecule has 1 aromatic heterocycles. The number of methoxy groups -OCH3 is 1. The van der Waals surface area contributed by atoms with E-state index in [4.69, 9.17) is 14.7 Å². The predicted molar refractivity (Wildman–Crippen MR) is 112 cm³/mol. The number of carbonyl (C=O) groups excluding carboxylic acids is 2. The van der Waals surface area contributed by atoms with Crippen LogP contribution >= 0.6 is 11.3 Å². The number of nitriles is 1. The van der Waals surface area contributed by atoms with Gasteiger partial charge >= 0.3 is 5.97 Å². The molecule has 0 saturated heterocycles. The molecule has 2 aromatic carbocycles. The maximum absolute atomic E-state index is 12.7. The van der Waals surface area contributed by atoms with E-state index in [-0.39, 0.29) is 26.9 Å². The first-order valence-electron chi connectivity index (χ1n) is 8.60. The molecule has 0 atom stereocenters. The van der Waals surface area contributed by atoms with Gasteiger partial charge < -0.3 is 9.47 Å². The number of esters is 1. The zero-order valence-electron chi connectivity index (χ0n) is 16.3. The maximum Gasteiger partial charge on any atom is 0.343 e. The van der Waals surface area contributed by atoms with Gasteiger partial charge in [0, 0.05) is 6.26 Å². The minimum absolute atomic E-state index is 0.00113. The van der Waals surface area contributed by atoms with Crippen molar-refractivity contribution in [1.29, 1.82) is 5.26 Å². The van der Waals surface area contributed by atoms with Crippen LogP contribution in [0.25, 0.3) is 0 Å². The summed E-state index contributed by atoms with van der Waals surface area (Å²) >= 11 is 0.727. The van der Waals surface area contributed by atoms with Crippen LogP contribution in [0.4, 0.5) is 5.13 Å². The third-order valence-corrected chi connectivity index (χ3v) is 5.93. The zero-order chi connectivity index (χ0) is 22.6. The molecule has 3 aromatic rings. The third kappa shape index (κ3) is 5.06. The number of ether oxygens (including phenoxy) is 2. The van der Waals surface area contributed by atoms with Crippen molar-refractivity contribution >= 4 is 38.2 Å². The van der Waals surface area contributed by atoms with Crippen LogP contribution in [-0.2, 0) is 9.84 Å². The van der Waals surface area contributed by atoms with Gasteiger partial charge in [0.05, 0.1) is 18.2 Å². The highest BCUT2D eigenvalue weighted by Gasteiger charge is 2.22. The van der Waals surface area contributed by atoms with Crippen molar-refractivity contribution in [2.45, 2.75) is 5.03 Å². The molecule has 1 amide bonds. The second-order valence-corrected chi connectivity index (χ2v) is 9.04. The lowest BCUT2D eigenvalue weighted by Gasteiger charge is -2.10. The van der Waals surface area contributed by atoms with Gasteiger partial charge in [0.25, 0.3) is 5.91 Å². The van der Waals surface area contributed by atoms with Crippen molar-refractivity contribution < 1.29 is 27.5 Å². The zero-order valence-corrected chi connectivity index (χ0v) is 17.9. The van der Waals surface area contributed by atoms with Gasteiger partial charge in [-0.05, 0) is 36.4 Å². The number of nitrogens with zero attached hydrogens (tertiary/aromatic N) is 2. The summed E-state index contributed by atoms with van der Waals surface area (Å²) < 4.78 is 33.9. The highest BCUT2D eigenvalue weighted by atomic mass is 32.2. The molecule has 0 aliphatic heterocycles. The number of amides is 1. The van der Waals surface area contributed by atoms with Crippen LogP contribution in [0.2, 0.25) is 0 Å². The number of hydrogen-bond acceptors (Lipinski definition) is 9. The van der Waals surface area contributed by atoms with E-state index in [1.165, 1.54) is 31.4 Å². The molecule has 0 unspecified atom stereocenters. The van der Waals surface area contributed by atoms with Crippen molar-refractivity contribution in [2.24, 2.45) is 0 Å². The van der Waals surface area contributed by atoms with Crippen LogP contribution in [0.15, 0.2) is 53.6 Å². The van der Waals surface area contributed by atoms with Gasteiger partial charge in [-0.15, -0.1) is 0 Å². The number of aromatic nitrogens is 1. The number of sulfone groups is 1. The van der Waals surface area contributed by atoms with E-state index < -0.39 is 26.7 Å². The van der Waals surface area contributed by atoms with E-state index in [2.05, 4.69) is 10.3 Å². The Balaban J connectivity index is 1.83. The number of carbonyl (C=O) groups is 2. The minimum atomic E-state index is -3.74. The highest BCUT2D eigenvalue weighted by molar-refractivity contribution is 7.90. The molecular weight excluding hydrogens is 442 g/mol. The summed E-state index contributed by atoms with van der Waals surface area (Å²) in [6.45, 7) is 0. The Labute approximate surface area is 181 Å². The molecule has 3 rings (SSSR count). The number of nitrogens with one attached hydrogen (secondary N) is 1. The van der Waals surface area contributed by atoms with Crippen LogP contribution < -0.4 is 14.8 Å². The summed E-state index contributed by atoms with van der Waals surface area (Å²) in [5, 5.41) is 11.1. The summed E-state index contributed by atoms with van der Waals surface area (Å²) in [6.07, 6.45) is 0.919. The Morgan fingerprint density at radius 1 is 1.13 bits per heavy atom. The minimum Gasteiger partial charge on any atom is -0.497 e. The first-order chi connectivity index (χ1) is 14.7. The van der Waals surface area contributed by atoms with Gasteiger partial charge in [-0.25, -0.2) is 18.2 Å². The largest absolute Gasteiger partial charge is 0.497 e. The molecule has 0 fully saturated rings. The number of thiazole rings is 1. The van der Waals surface area contributed by atoms with Gasteiger partial charge in [-0.1, -0.05) is 23.5 Å². The molecule has 9 nitrogen and oxygen atoms in total. The summed E-state index contributed by atoms with van der Waals surface area (Å²) in [5.74, 6) is -0.786. The fourth-order valence-electron chi connectivity index (χ4n) is 2.48. The molecule has 0 radical (unpaired) electrons. The van der Waals surface area contributed by atoms with Crippen molar-refractivity contribution in [3.63, 3.8) is 0 Å². The summed E-state index contributed by atoms with van der Waals surface area (Å²) in [7, 11) is -2.23. The number of benzene rings is 2. The topological polar surface area (TPSA) is 135 Å². The molecule has 0 bridgehead atoms. The summed E-state index contributed by atoms with van der Waals surface area (Å²) in [4.78, 5) is 28.8. The van der Waals surface area contributed by atoms with Crippen LogP contribution in [0.3, 0.4) is 0 Å². The molecule has 158 valence electrons. The number of para-hydroxylation sites is 1. The monoisotopic (exact) mass is 457 g/mol. The Morgan fingerprint density at radius 2 is 1.81 bits per heavy atom. The summed E-state index contributed by atoms with van der Waals surface area (Å²) in [5.41, 5.74) is 0.284. The lowest BCUT2D eigenvalue weighted by molar-refractivity contribution is 0.0733. The van der Waals surface area contributed by atoms with Crippen molar-refractivity contribution in [2.75, 3.05) is 18.7 Å². The molecule has 0 saturated carbocycles. The average molecular weight is 457 g/mol. The smallest absolute Gasteiger partial charge is 0.343 e. The summed E-state index contributed by atoms with van der Waals surface area (Å²) in [6, 6.07) is 14.0. The number of anilines is 1. The van der Waals surface area contributed by atoms with E-state index in [1.54, 1.807) is 30.3 Å². The molecular formula is C20H15N3O6S2. The van der Waals surface area contributed by atoms with Crippen molar-refractivity contribution in [3.05, 3.63) is 64.5 Å². The Kier molecular flexibility index (Phi) is 6.33. The lowest BCUT2D eigenvalue weighted by Crippen LogP contribution is -2.16. The molecule has 31 heavy (non-hydrogen) atoms. The van der Waals surface area contributed by atoms with Crippen LogP contribution in [0.1, 0.15) is 25.6 Å². The third-order valence-electron chi connectivity index (χ3n) is 3.93. The number of hydrogen-bond donors (Lipinski definition) is 1. The van der Waals surface area contributed by atoms with E-state index in [0.29, 0.717) is 5.75 Å². The first kappa shape index (κ1) is 21.9. The Bertz CT molecular complexity index is 1290. The average Bonchev–Trinajstić information content (AvgIpc) is 3.17. The SMILES string of the molecule is COc1ccc(C(=O)Oc2ccccc2C(=O)Nc2nc(S(C)(=O)=O)c(C#N)s2)cc1. The Morgan fingerprint density at radius 3 is 2.39 bits per heavy atom. The number of rotatable bonds is 6. The van der Waals surface area contributed by atoms with Crippen molar-refractivity contribution in [3.8, 4) is 17.6 Å².